The van der Waals surface area contributed by atoms with Crippen LogP contribution in [0.15, 0.2) is 53.9 Å². The summed E-state index contributed by atoms with van der Waals surface area (Å²) < 4.78 is 9.92. The van der Waals surface area contributed by atoms with Crippen LogP contribution in [0.2, 0.25) is 0 Å². The average molecular weight is 563 g/mol. The molecule has 7 nitrogen and oxygen atoms in total. The fraction of sp³-hybridized carbons (Fsp3) is 0.304. The number of esters is 1. The van der Waals surface area contributed by atoms with Gasteiger partial charge >= 0.3 is 5.97 Å². The highest BCUT2D eigenvalue weighted by Crippen LogP contribution is 2.45. The molecule has 4 rings (SSSR count). The molecule has 0 saturated carbocycles. The maximum Gasteiger partial charge on any atom is 0.356 e. The van der Waals surface area contributed by atoms with E-state index in [2.05, 4.69) is 27.6 Å². The molecule has 0 spiro atoms. The van der Waals surface area contributed by atoms with Crippen LogP contribution in [0, 0.1) is 0 Å². The first-order valence-electron chi connectivity index (χ1n) is 10.2. The van der Waals surface area contributed by atoms with Gasteiger partial charge in [0.15, 0.2) is 6.61 Å². The van der Waals surface area contributed by atoms with E-state index in [4.69, 9.17) is 14.5 Å². The Hall–Kier alpha value is -2.53. The molecule has 0 N–H and O–H groups in total. The normalized spacial score (nSPS) is 18.2. The standard InChI is InChI=1S/C23H22IN3O4S/c1-30-21(29)18-11-7-10-17(25-18)19-15-32-22(26-19)23(24)12-5-6-13-27(23)20(28)14-31-16-8-3-2-4-9-16/h2-4,7-11,15H,5-6,12-14H2,1H3. The smallest absolute Gasteiger partial charge is 0.356 e. The number of halogens is 1. The molecule has 3 aromatic rings. The summed E-state index contributed by atoms with van der Waals surface area (Å²) in [6.07, 6.45) is 2.77. The number of carbonyl (C=O) groups is 2. The van der Waals surface area contributed by atoms with Crippen LogP contribution in [0.4, 0.5) is 0 Å². The van der Waals surface area contributed by atoms with Crippen molar-refractivity contribution in [3.8, 4) is 17.1 Å². The Balaban J connectivity index is 1.55. The highest BCUT2D eigenvalue weighted by molar-refractivity contribution is 14.1. The number of rotatable bonds is 6. The molecule has 1 aliphatic rings. The van der Waals surface area contributed by atoms with Crippen LogP contribution in [0.1, 0.15) is 34.8 Å². The van der Waals surface area contributed by atoms with Crippen molar-refractivity contribution in [2.75, 3.05) is 20.3 Å². The van der Waals surface area contributed by atoms with Crippen molar-refractivity contribution >= 4 is 45.8 Å². The molecule has 3 heterocycles. The van der Waals surface area contributed by atoms with Gasteiger partial charge in [0.05, 0.1) is 18.5 Å². The number of benzene rings is 1. The van der Waals surface area contributed by atoms with Gasteiger partial charge in [-0.1, -0.05) is 24.3 Å². The molecule has 0 radical (unpaired) electrons. The molecule has 1 saturated heterocycles. The van der Waals surface area contributed by atoms with Crippen molar-refractivity contribution in [1.82, 2.24) is 14.9 Å². The maximum atomic E-state index is 13.1. The fourth-order valence-corrected chi connectivity index (χ4v) is 5.92. The molecule has 2 aromatic heterocycles. The van der Waals surface area contributed by atoms with Crippen molar-refractivity contribution in [3.05, 3.63) is 64.6 Å². The summed E-state index contributed by atoms with van der Waals surface area (Å²) in [5.41, 5.74) is 1.50. The topological polar surface area (TPSA) is 81.6 Å². The van der Waals surface area contributed by atoms with Gasteiger partial charge in [-0.25, -0.2) is 14.8 Å². The lowest BCUT2D eigenvalue weighted by Gasteiger charge is -2.41. The zero-order valence-corrected chi connectivity index (χ0v) is 20.5. The summed E-state index contributed by atoms with van der Waals surface area (Å²) >= 11 is 3.84. The molecule has 0 bridgehead atoms. The highest BCUT2D eigenvalue weighted by Gasteiger charge is 2.43. The molecule has 9 heteroatoms. The van der Waals surface area contributed by atoms with Gasteiger partial charge in [-0.15, -0.1) is 11.3 Å². The van der Waals surface area contributed by atoms with E-state index < -0.39 is 9.51 Å². The third kappa shape index (κ3) is 4.78. The van der Waals surface area contributed by atoms with Crippen molar-refractivity contribution in [2.24, 2.45) is 0 Å². The number of piperidine rings is 1. The molecule has 1 fully saturated rings. The zero-order chi connectivity index (χ0) is 22.6. The number of nitrogens with zero attached hydrogens (tertiary/aromatic N) is 3. The average Bonchev–Trinajstić information content (AvgIpc) is 3.34. The Morgan fingerprint density at radius 3 is 2.69 bits per heavy atom. The summed E-state index contributed by atoms with van der Waals surface area (Å²) in [7, 11) is 1.33. The molecule has 1 unspecified atom stereocenters. The van der Waals surface area contributed by atoms with E-state index in [1.807, 2.05) is 46.7 Å². The predicted molar refractivity (Wildman–Crippen MR) is 130 cm³/mol. The molecule has 166 valence electrons. The van der Waals surface area contributed by atoms with Gasteiger partial charge < -0.3 is 14.4 Å². The fourth-order valence-electron chi connectivity index (χ4n) is 3.59. The summed E-state index contributed by atoms with van der Waals surface area (Å²) in [5, 5.41) is 2.75. The third-order valence-corrected chi connectivity index (χ3v) is 8.20. The largest absolute Gasteiger partial charge is 0.484 e. The number of amides is 1. The minimum atomic E-state index is -0.546. The Labute approximate surface area is 203 Å². The SMILES string of the molecule is COC(=O)c1cccc(-c2csc(C3(I)CCCCN3C(=O)COc3ccccc3)n2)n1. The lowest BCUT2D eigenvalue weighted by atomic mass is 10.0. The number of pyridine rings is 1. The lowest BCUT2D eigenvalue weighted by Crippen LogP contribution is -2.50. The molecule has 0 aliphatic carbocycles. The number of hydrogen-bond donors (Lipinski definition) is 0. The first-order valence-corrected chi connectivity index (χ1v) is 12.2. The first kappa shape index (κ1) is 22.7. The summed E-state index contributed by atoms with van der Waals surface area (Å²) in [4.78, 5) is 36.0. The molecule has 1 atom stereocenters. The molecular formula is C23H22IN3O4S. The van der Waals surface area contributed by atoms with E-state index in [9.17, 15) is 9.59 Å². The first-order chi connectivity index (χ1) is 15.5. The summed E-state index contributed by atoms with van der Waals surface area (Å²) in [6, 6.07) is 14.5. The van der Waals surface area contributed by atoms with E-state index in [0.29, 0.717) is 23.7 Å². The van der Waals surface area contributed by atoms with Crippen LogP contribution < -0.4 is 4.74 Å². The van der Waals surface area contributed by atoms with E-state index in [1.54, 1.807) is 12.1 Å². The summed E-state index contributed by atoms with van der Waals surface area (Å²) in [5.74, 6) is 0.116. The van der Waals surface area contributed by atoms with Gasteiger partial charge in [-0.05, 0) is 66.1 Å². The van der Waals surface area contributed by atoms with Crippen LogP contribution in [-0.2, 0) is 13.1 Å². The Morgan fingerprint density at radius 1 is 1.09 bits per heavy atom. The number of methoxy groups -OCH3 is 1. The second-order valence-electron chi connectivity index (χ2n) is 7.30. The quantitative estimate of drug-likeness (QED) is 0.188. The predicted octanol–water partition coefficient (Wildman–Crippen LogP) is 4.67. The number of likely N-dealkylation sites (tertiary alicyclic amines) is 1. The van der Waals surface area contributed by atoms with Crippen LogP contribution in [0.25, 0.3) is 11.4 Å². The van der Waals surface area contributed by atoms with Crippen LogP contribution in [0.3, 0.4) is 0 Å². The second kappa shape index (κ2) is 9.95. The molecule has 1 amide bonds. The Morgan fingerprint density at radius 2 is 1.91 bits per heavy atom. The molecule has 1 aliphatic heterocycles. The number of carbonyl (C=O) groups excluding carboxylic acids is 2. The van der Waals surface area contributed by atoms with Crippen molar-refractivity contribution in [3.63, 3.8) is 0 Å². The van der Waals surface area contributed by atoms with Gasteiger partial charge in [0.2, 0.25) is 0 Å². The van der Waals surface area contributed by atoms with E-state index in [0.717, 1.165) is 24.3 Å². The Kier molecular flexibility index (Phi) is 7.04. The number of alkyl halides is 1. The number of thiazole rings is 1. The van der Waals surface area contributed by atoms with Crippen LogP contribution in [0.5, 0.6) is 5.75 Å². The van der Waals surface area contributed by atoms with E-state index >= 15 is 0 Å². The minimum Gasteiger partial charge on any atom is -0.484 e. The van der Waals surface area contributed by atoms with Gasteiger partial charge in [0.1, 0.15) is 20.0 Å². The van der Waals surface area contributed by atoms with Gasteiger partial charge in [0.25, 0.3) is 5.91 Å². The number of ether oxygens (including phenoxy) is 2. The monoisotopic (exact) mass is 563 g/mol. The van der Waals surface area contributed by atoms with Crippen molar-refractivity contribution in [2.45, 2.75) is 22.8 Å². The minimum absolute atomic E-state index is 0.0181. The van der Waals surface area contributed by atoms with Crippen molar-refractivity contribution < 1.29 is 19.1 Å². The number of hydrogen-bond acceptors (Lipinski definition) is 7. The van der Waals surface area contributed by atoms with Crippen LogP contribution in [-0.4, -0.2) is 47.0 Å². The molecule has 1 aromatic carbocycles. The highest BCUT2D eigenvalue weighted by atomic mass is 127. The summed E-state index contributed by atoms with van der Waals surface area (Å²) in [6.45, 7) is 0.640. The third-order valence-electron chi connectivity index (χ3n) is 5.21. The number of aromatic nitrogens is 2. The van der Waals surface area contributed by atoms with Gasteiger partial charge in [0, 0.05) is 11.9 Å². The Bertz CT molecular complexity index is 1110. The number of para-hydroxylation sites is 1. The maximum absolute atomic E-state index is 13.1. The molecule has 32 heavy (non-hydrogen) atoms. The van der Waals surface area contributed by atoms with Gasteiger partial charge in [-0.2, -0.15) is 0 Å². The molecular weight excluding hydrogens is 541 g/mol. The van der Waals surface area contributed by atoms with Crippen LogP contribution >= 0.6 is 33.9 Å². The zero-order valence-electron chi connectivity index (χ0n) is 17.5. The second-order valence-corrected chi connectivity index (χ2v) is 9.94. The van der Waals surface area contributed by atoms with Gasteiger partial charge in [-0.3, -0.25) is 4.79 Å². The van der Waals surface area contributed by atoms with E-state index in [1.165, 1.54) is 18.4 Å². The van der Waals surface area contributed by atoms with E-state index in [-0.39, 0.29) is 18.2 Å². The lowest BCUT2D eigenvalue weighted by molar-refractivity contribution is -0.138. The van der Waals surface area contributed by atoms with Crippen molar-refractivity contribution in [1.29, 1.82) is 0 Å².